The fourth-order valence-corrected chi connectivity index (χ4v) is 5.77. The van der Waals surface area contributed by atoms with E-state index >= 15 is 0 Å². The molecular weight excluding hydrogens is 728 g/mol. The highest BCUT2D eigenvalue weighted by Crippen LogP contribution is 2.31. The van der Waals surface area contributed by atoms with Gasteiger partial charge in [0.2, 0.25) is 23.6 Å². The second-order valence-corrected chi connectivity index (χ2v) is 13.0. The van der Waals surface area contributed by atoms with E-state index in [9.17, 15) is 24.0 Å². The highest BCUT2D eigenvalue weighted by molar-refractivity contribution is 5.81. The molecule has 0 spiro atoms. The summed E-state index contributed by atoms with van der Waals surface area (Å²) in [5, 5.41) is 11.6. The van der Waals surface area contributed by atoms with Crippen LogP contribution in [-0.4, -0.2) is 140 Å². The first-order valence-electron chi connectivity index (χ1n) is 19.2. The van der Waals surface area contributed by atoms with E-state index in [1.807, 2.05) is 0 Å². The number of ether oxygens (including phenoxy) is 7. The van der Waals surface area contributed by atoms with E-state index in [1.165, 1.54) is 6.92 Å². The second-order valence-electron chi connectivity index (χ2n) is 13.0. The molecule has 56 heavy (non-hydrogen) atoms. The lowest BCUT2D eigenvalue weighted by molar-refractivity contribution is -0.148. The number of terminal acetylenes is 3. The van der Waals surface area contributed by atoms with E-state index in [1.54, 1.807) is 0 Å². The Bertz CT molecular complexity index is 1150. The summed E-state index contributed by atoms with van der Waals surface area (Å²) in [6.45, 7) is 5.39. The van der Waals surface area contributed by atoms with Crippen molar-refractivity contribution in [2.75, 3.05) is 98.9 Å². The summed E-state index contributed by atoms with van der Waals surface area (Å²) in [5.74, 6) is 5.30. The molecule has 4 N–H and O–H groups in total. The molecule has 0 aromatic carbocycles. The van der Waals surface area contributed by atoms with Gasteiger partial charge >= 0.3 is 5.97 Å². The predicted octanol–water partition coefficient (Wildman–Crippen LogP) is 0.652. The number of esters is 1. The Balaban J connectivity index is 2.98. The van der Waals surface area contributed by atoms with Crippen LogP contribution >= 0.6 is 0 Å². The first-order valence-corrected chi connectivity index (χ1v) is 19.2. The number of rotatable bonds is 33. The van der Waals surface area contributed by atoms with E-state index in [0.29, 0.717) is 65.3 Å². The Morgan fingerprint density at radius 1 is 0.554 bits per heavy atom. The smallest absolute Gasteiger partial charge is 0.302 e. The third kappa shape index (κ3) is 26.6. The summed E-state index contributed by atoms with van der Waals surface area (Å²) in [7, 11) is 0. The number of carbonyl (C=O) groups is 5. The van der Waals surface area contributed by atoms with Gasteiger partial charge in [-0.15, -0.1) is 19.3 Å². The largest absolute Gasteiger partial charge is 0.463 e. The van der Waals surface area contributed by atoms with Gasteiger partial charge in [-0.2, -0.15) is 0 Å². The Morgan fingerprint density at radius 2 is 0.911 bits per heavy atom. The van der Waals surface area contributed by atoms with Gasteiger partial charge in [0.15, 0.2) is 0 Å². The molecule has 1 aliphatic rings. The first-order chi connectivity index (χ1) is 27.1. The van der Waals surface area contributed by atoms with E-state index in [0.717, 1.165) is 0 Å². The summed E-state index contributed by atoms with van der Waals surface area (Å²) < 4.78 is 37.3. The van der Waals surface area contributed by atoms with Crippen LogP contribution in [0.25, 0.3) is 0 Å². The van der Waals surface area contributed by atoms with Crippen LogP contribution in [0.1, 0.15) is 71.1 Å². The summed E-state index contributed by atoms with van der Waals surface area (Å²) >= 11 is 0. The zero-order chi connectivity index (χ0) is 41.1. The van der Waals surface area contributed by atoms with Crippen molar-refractivity contribution in [1.82, 2.24) is 21.3 Å². The predicted molar refractivity (Wildman–Crippen MR) is 207 cm³/mol. The maximum Gasteiger partial charge on any atom is 0.302 e. The fraction of sp³-hybridized carbons (Fsp3) is 0.725. The lowest BCUT2D eigenvalue weighted by atomic mass is 9.81. The topological polar surface area (TPSA) is 198 Å². The van der Waals surface area contributed by atoms with Crippen molar-refractivity contribution in [1.29, 1.82) is 0 Å². The summed E-state index contributed by atoms with van der Waals surface area (Å²) in [4.78, 5) is 64.4. The maximum atomic E-state index is 13.9. The van der Waals surface area contributed by atoms with Gasteiger partial charge in [-0.1, -0.05) is 17.8 Å². The molecule has 1 aliphatic carbocycles. The number of carbonyl (C=O) groups excluding carboxylic acids is 5. The van der Waals surface area contributed by atoms with Gasteiger partial charge in [-0.3, -0.25) is 24.0 Å². The van der Waals surface area contributed by atoms with Crippen LogP contribution < -0.4 is 21.3 Å². The van der Waals surface area contributed by atoms with Crippen LogP contribution in [0.2, 0.25) is 0 Å². The Hall–Kier alpha value is -4.21. The molecule has 0 aromatic heterocycles. The lowest BCUT2D eigenvalue weighted by Crippen LogP contribution is -2.52. The highest BCUT2D eigenvalue weighted by Gasteiger charge is 2.37. The molecule has 0 aromatic rings. The van der Waals surface area contributed by atoms with Crippen molar-refractivity contribution < 1.29 is 57.1 Å². The monoisotopic (exact) mass is 790 g/mol. The summed E-state index contributed by atoms with van der Waals surface area (Å²) in [6.07, 6.45) is 17.8. The van der Waals surface area contributed by atoms with Crippen molar-refractivity contribution in [3.8, 4) is 37.0 Å². The SMILES string of the molecule is C#CCOCCOCCNC(=O)CCC(CCC(=O)NCCOCCOCC#C)(CCC(=O)NCCOCCOCC#C)NC(=O)[C@H]1CC[C@H](OC(C)=O)CC1. The zero-order valence-corrected chi connectivity index (χ0v) is 33.0. The summed E-state index contributed by atoms with van der Waals surface area (Å²) in [6, 6.07) is 0. The quantitative estimate of drug-likeness (QED) is 0.0412. The van der Waals surface area contributed by atoms with E-state index in [-0.39, 0.29) is 139 Å². The number of hydrogen-bond donors (Lipinski definition) is 4. The van der Waals surface area contributed by atoms with Gasteiger partial charge in [-0.05, 0) is 44.9 Å². The van der Waals surface area contributed by atoms with E-state index < -0.39 is 5.54 Å². The molecule has 0 atom stereocenters. The average Bonchev–Trinajstić information content (AvgIpc) is 3.18. The van der Waals surface area contributed by atoms with Crippen LogP contribution in [0.5, 0.6) is 0 Å². The fourth-order valence-electron chi connectivity index (χ4n) is 5.77. The molecule has 1 rings (SSSR count). The molecule has 0 radical (unpaired) electrons. The number of hydrogen-bond acceptors (Lipinski definition) is 12. The van der Waals surface area contributed by atoms with Gasteiger partial charge in [-0.25, -0.2) is 0 Å². The van der Waals surface area contributed by atoms with Crippen LogP contribution in [0.15, 0.2) is 0 Å². The van der Waals surface area contributed by atoms with Crippen molar-refractivity contribution in [3.63, 3.8) is 0 Å². The minimum atomic E-state index is -1.09. The van der Waals surface area contributed by atoms with Crippen LogP contribution in [0, 0.1) is 42.9 Å². The molecule has 1 fully saturated rings. The molecule has 0 bridgehead atoms. The van der Waals surface area contributed by atoms with Gasteiger partial charge in [0.25, 0.3) is 0 Å². The van der Waals surface area contributed by atoms with Gasteiger partial charge in [0.1, 0.15) is 25.9 Å². The van der Waals surface area contributed by atoms with Crippen LogP contribution in [0.3, 0.4) is 0 Å². The summed E-state index contributed by atoms with van der Waals surface area (Å²) in [5.41, 5.74) is -1.09. The molecule has 0 aliphatic heterocycles. The molecule has 16 heteroatoms. The van der Waals surface area contributed by atoms with Gasteiger partial charge < -0.3 is 54.4 Å². The highest BCUT2D eigenvalue weighted by atomic mass is 16.5. The van der Waals surface area contributed by atoms with Gasteiger partial charge in [0.05, 0.1) is 59.5 Å². The standard InChI is InChI=1S/C40H62N4O12/c1-5-21-50-27-30-53-24-18-41-36(46)12-15-40(16-13-37(47)42-19-25-54-31-28-51-22-6-2,17-14-38(48)43-20-26-55-32-29-52-23-7-3)44-39(49)34-8-10-35(11-9-34)56-33(4)45/h1-3,34-35H,8-32H2,4H3,(H,41,46)(H,42,47)(H,43,48)(H,44,49)/t34-,35-. The van der Waals surface area contributed by atoms with Crippen molar-refractivity contribution in [3.05, 3.63) is 0 Å². The molecule has 1 saturated carbocycles. The molecule has 4 amide bonds. The van der Waals surface area contributed by atoms with Crippen molar-refractivity contribution in [2.45, 2.75) is 82.8 Å². The van der Waals surface area contributed by atoms with Gasteiger partial charge in [0, 0.05) is 57.3 Å². The van der Waals surface area contributed by atoms with Crippen LogP contribution in [0.4, 0.5) is 0 Å². The molecule has 314 valence electrons. The minimum absolute atomic E-state index is 0.0131. The molecule has 16 nitrogen and oxygen atoms in total. The number of amides is 4. The Kier molecular flexibility index (Phi) is 29.3. The second kappa shape index (κ2) is 33.0. The molecule has 0 saturated heterocycles. The average molecular weight is 791 g/mol. The molecular formula is C40H62N4O12. The third-order valence-corrected chi connectivity index (χ3v) is 8.64. The van der Waals surface area contributed by atoms with E-state index in [2.05, 4.69) is 39.0 Å². The molecule has 0 unspecified atom stereocenters. The zero-order valence-electron chi connectivity index (χ0n) is 33.0. The number of nitrogens with one attached hydrogen (secondary N) is 4. The Labute approximate surface area is 332 Å². The normalized spacial score (nSPS) is 15.0. The van der Waals surface area contributed by atoms with E-state index in [4.69, 9.17) is 52.4 Å². The van der Waals surface area contributed by atoms with Crippen LogP contribution in [-0.2, 0) is 57.1 Å². The van der Waals surface area contributed by atoms with Crippen molar-refractivity contribution in [2.24, 2.45) is 5.92 Å². The third-order valence-electron chi connectivity index (χ3n) is 8.64. The van der Waals surface area contributed by atoms with Crippen molar-refractivity contribution >= 4 is 29.6 Å². The minimum Gasteiger partial charge on any atom is -0.463 e. The Morgan fingerprint density at radius 3 is 1.25 bits per heavy atom. The molecule has 0 heterocycles. The maximum absolute atomic E-state index is 13.9. The lowest BCUT2D eigenvalue weighted by Gasteiger charge is -2.37. The first kappa shape index (κ1) is 49.8.